The lowest BCUT2D eigenvalue weighted by Crippen LogP contribution is -2.32. The van der Waals surface area contributed by atoms with Gasteiger partial charge in [0.2, 0.25) is 0 Å². The summed E-state index contributed by atoms with van der Waals surface area (Å²) in [6.07, 6.45) is 5.20. The molecule has 0 saturated carbocycles. The van der Waals surface area contributed by atoms with Gasteiger partial charge in [-0.3, -0.25) is 4.90 Å². The van der Waals surface area contributed by atoms with Crippen LogP contribution in [0.25, 0.3) is 0 Å². The first-order valence-electron chi connectivity index (χ1n) is 4.21. The minimum absolute atomic E-state index is 0.766. The SMILES string of the molecule is C#CCN(CC)CCNCC. The first kappa shape index (κ1) is 10.5. The van der Waals surface area contributed by atoms with E-state index in [0.29, 0.717) is 0 Å². The molecule has 0 aromatic rings. The number of nitrogens with one attached hydrogen (secondary N) is 1. The van der Waals surface area contributed by atoms with Crippen molar-refractivity contribution in [2.24, 2.45) is 0 Å². The average Bonchev–Trinajstić information content (AvgIpc) is 2.03. The molecule has 0 aromatic carbocycles. The minimum Gasteiger partial charge on any atom is -0.316 e. The van der Waals surface area contributed by atoms with Crippen LogP contribution < -0.4 is 5.32 Å². The first-order chi connectivity index (χ1) is 5.35. The van der Waals surface area contributed by atoms with E-state index in [0.717, 1.165) is 32.7 Å². The Hall–Kier alpha value is -0.520. The Balaban J connectivity index is 3.30. The van der Waals surface area contributed by atoms with E-state index in [9.17, 15) is 0 Å². The van der Waals surface area contributed by atoms with Gasteiger partial charge in [-0.2, -0.15) is 0 Å². The van der Waals surface area contributed by atoms with Gasteiger partial charge in [0, 0.05) is 13.1 Å². The van der Waals surface area contributed by atoms with E-state index in [1.54, 1.807) is 0 Å². The van der Waals surface area contributed by atoms with Crippen molar-refractivity contribution in [3.05, 3.63) is 0 Å². The number of nitrogens with zero attached hydrogens (tertiary/aromatic N) is 1. The topological polar surface area (TPSA) is 15.3 Å². The van der Waals surface area contributed by atoms with Crippen molar-refractivity contribution < 1.29 is 0 Å². The van der Waals surface area contributed by atoms with Gasteiger partial charge in [-0.15, -0.1) is 6.42 Å². The Morgan fingerprint density at radius 2 is 2.18 bits per heavy atom. The molecule has 0 aliphatic rings. The molecule has 0 spiro atoms. The van der Waals surface area contributed by atoms with Gasteiger partial charge in [0.1, 0.15) is 0 Å². The van der Waals surface area contributed by atoms with Crippen LogP contribution >= 0.6 is 0 Å². The number of hydrogen-bond acceptors (Lipinski definition) is 2. The van der Waals surface area contributed by atoms with E-state index < -0.39 is 0 Å². The zero-order valence-corrected chi connectivity index (χ0v) is 7.56. The molecule has 11 heavy (non-hydrogen) atoms. The molecule has 0 atom stereocenters. The van der Waals surface area contributed by atoms with Crippen LogP contribution in [0.1, 0.15) is 13.8 Å². The third-order valence-corrected chi connectivity index (χ3v) is 1.62. The highest BCUT2D eigenvalue weighted by Crippen LogP contribution is 1.83. The van der Waals surface area contributed by atoms with E-state index in [2.05, 4.69) is 30.0 Å². The van der Waals surface area contributed by atoms with Gasteiger partial charge in [-0.25, -0.2) is 0 Å². The van der Waals surface area contributed by atoms with E-state index in [1.807, 2.05) is 0 Å². The maximum Gasteiger partial charge on any atom is 0.0599 e. The van der Waals surface area contributed by atoms with E-state index in [4.69, 9.17) is 6.42 Å². The van der Waals surface area contributed by atoms with Crippen molar-refractivity contribution in [1.82, 2.24) is 10.2 Å². The minimum atomic E-state index is 0.766. The second-order valence-corrected chi connectivity index (χ2v) is 2.43. The highest BCUT2D eigenvalue weighted by molar-refractivity contribution is 4.87. The monoisotopic (exact) mass is 154 g/mol. The summed E-state index contributed by atoms with van der Waals surface area (Å²) in [6, 6.07) is 0. The molecule has 0 bridgehead atoms. The molecular weight excluding hydrogens is 136 g/mol. The molecule has 1 N–H and O–H groups in total. The summed E-state index contributed by atoms with van der Waals surface area (Å²) in [4.78, 5) is 2.24. The molecule has 0 rings (SSSR count). The second-order valence-electron chi connectivity index (χ2n) is 2.43. The predicted molar refractivity (Wildman–Crippen MR) is 49.5 cm³/mol. The number of likely N-dealkylation sites (N-methyl/N-ethyl adjacent to an activating group) is 2. The summed E-state index contributed by atoms with van der Waals surface area (Å²) in [5.41, 5.74) is 0. The third kappa shape index (κ3) is 5.90. The molecule has 0 radical (unpaired) electrons. The molecule has 0 heterocycles. The molecule has 0 aliphatic heterocycles. The second kappa shape index (κ2) is 7.59. The van der Waals surface area contributed by atoms with Gasteiger partial charge in [-0.05, 0) is 13.1 Å². The van der Waals surface area contributed by atoms with Gasteiger partial charge < -0.3 is 5.32 Å². The smallest absolute Gasteiger partial charge is 0.0599 e. The van der Waals surface area contributed by atoms with Crippen LogP contribution in [0.2, 0.25) is 0 Å². The number of terminal acetylenes is 1. The lowest BCUT2D eigenvalue weighted by Gasteiger charge is -2.16. The lowest BCUT2D eigenvalue weighted by atomic mass is 10.4. The fraction of sp³-hybridized carbons (Fsp3) is 0.778. The summed E-state index contributed by atoms with van der Waals surface area (Å²) in [5, 5.41) is 3.26. The highest BCUT2D eigenvalue weighted by Gasteiger charge is 1.96. The van der Waals surface area contributed by atoms with Gasteiger partial charge >= 0.3 is 0 Å². The standard InChI is InChI=1S/C9H18N2/c1-4-8-11(6-3)9-7-10-5-2/h1,10H,5-9H2,2-3H3. The van der Waals surface area contributed by atoms with Crippen LogP contribution in [0.15, 0.2) is 0 Å². The zero-order valence-electron chi connectivity index (χ0n) is 7.56. The van der Waals surface area contributed by atoms with Gasteiger partial charge in [0.05, 0.1) is 6.54 Å². The van der Waals surface area contributed by atoms with Crippen molar-refractivity contribution in [2.75, 3.05) is 32.7 Å². The molecular formula is C9H18N2. The Kier molecular flexibility index (Phi) is 7.23. The maximum absolute atomic E-state index is 5.20. The first-order valence-corrected chi connectivity index (χ1v) is 4.21. The summed E-state index contributed by atoms with van der Waals surface area (Å²) in [6.45, 7) is 9.16. The van der Waals surface area contributed by atoms with Crippen molar-refractivity contribution in [1.29, 1.82) is 0 Å². The summed E-state index contributed by atoms with van der Waals surface area (Å²) in [5.74, 6) is 2.64. The van der Waals surface area contributed by atoms with Gasteiger partial charge in [0.25, 0.3) is 0 Å². The quantitative estimate of drug-likeness (QED) is 0.444. The summed E-state index contributed by atoms with van der Waals surface area (Å²) < 4.78 is 0. The molecule has 0 unspecified atom stereocenters. The Labute approximate surface area is 70.0 Å². The third-order valence-electron chi connectivity index (χ3n) is 1.62. The summed E-state index contributed by atoms with van der Waals surface area (Å²) in [7, 11) is 0. The van der Waals surface area contributed by atoms with Crippen molar-refractivity contribution >= 4 is 0 Å². The van der Waals surface area contributed by atoms with Crippen molar-refractivity contribution in [3.8, 4) is 12.3 Å². The Bertz CT molecular complexity index is 115. The van der Waals surface area contributed by atoms with Gasteiger partial charge in [0.15, 0.2) is 0 Å². The van der Waals surface area contributed by atoms with Crippen LogP contribution in [-0.4, -0.2) is 37.6 Å². The van der Waals surface area contributed by atoms with E-state index in [-0.39, 0.29) is 0 Å². The molecule has 64 valence electrons. The summed E-state index contributed by atoms with van der Waals surface area (Å²) >= 11 is 0. The fourth-order valence-corrected chi connectivity index (χ4v) is 0.892. The maximum atomic E-state index is 5.20. The van der Waals surface area contributed by atoms with E-state index >= 15 is 0 Å². The van der Waals surface area contributed by atoms with Crippen molar-refractivity contribution in [2.45, 2.75) is 13.8 Å². The predicted octanol–water partition coefficient (Wildman–Crippen LogP) is 0.551. The Morgan fingerprint density at radius 3 is 2.64 bits per heavy atom. The molecule has 0 amide bonds. The van der Waals surface area contributed by atoms with Crippen LogP contribution in [-0.2, 0) is 0 Å². The normalized spacial score (nSPS) is 10.0. The molecule has 0 saturated heterocycles. The fourth-order valence-electron chi connectivity index (χ4n) is 0.892. The lowest BCUT2D eigenvalue weighted by molar-refractivity contribution is 0.323. The van der Waals surface area contributed by atoms with Crippen LogP contribution in [0, 0.1) is 12.3 Å². The molecule has 0 aliphatic carbocycles. The molecule has 0 fully saturated rings. The largest absolute Gasteiger partial charge is 0.316 e. The van der Waals surface area contributed by atoms with Gasteiger partial charge in [-0.1, -0.05) is 19.8 Å². The molecule has 0 aromatic heterocycles. The Morgan fingerprint density at radius 1 is 1.45 bits per heavy atom. The van der Waals surface area contributed by atoms with Crippen LogP contribution in [0.4, 0.5) is 0 Å². The average molecular weight is 154 g/mol. The molecule has 2 nitrogen and oxygen atoms in total. The van der Waals surface area contributed by atoms with Crippen LogP contribution in [0.3, 0.4) is 0 Å². The zero-order chi connectivity index (χ0) is 8.53. The van der Waals surface area contributed by atoms with Crippen LogP contribution in [0.5, 0.6) is 0 Å². The highest BCUT2D eigenvalue weighted by atomic mass is 15.1. The number of rotatable bonds is 6. The molecule has 2 heteroatoms. The van der Waals surface area contributed by atoms with E-state index in [1.165, 1.54) is 0 Å². The van der Waals surface area contributed by atoms with Crippen molar-refractivity contribution in [3.63, 3.8) is 0 Å². The number of hydrogen-bond donors (Lipinski definition) is 1.